The molecule has 1 rings (SSSR count). The van der Waals surface area contributed by atoms with E-state index in [0.717, 1.165) is 6.08 Å². The van der Waals surface area contributed by atoms with Crippen molar-refractivity contribution in [1.29, 1.82) is 0 Å². The normalized spacial score (nSPS) is 21.4. The fourth-order valence-corrected chi connectivity index (χ4v) is 2.29. The summed E-state index contributed by atoms with van der Waals surface area (Å²) in [5, 5.41) is 20.3. The van der Waals surface area contributed by atoms with Gasteiger partial charge in [-0.2, -0.15) is 0 Å². The van der Waals surface area contributed by atoms with Gasteiger partial charge in [-0.25, -0.2) is 14.4 Å². The van der Waals surface area contributed by atoms with Crippen molar-refractivity contribution < 1.29 is 34.1 Å². The van der Waals surface area contributed by atoms with Crippen molar-refractivity contribution in [2.45, 2.75) is 44.8 Å². The molecule has 0 aromatic carbocycles. The highest BCUT2D eigenvalue weighted by molar-refractivity contribution is 5.97. The molecule has 0 saturated carbocycles. The van der Waals surface area contributed by atoms with Crippen molar-refractivity contribution in [3.05, 3.63) is 12.2 Å². The van der Waals surface area contributed by atoms with Crippen molar-refractivity contribution in [3.8, 4) is 0 Å². The zero-order valence-electron chi connectivity index (χ0n) is 13.9. The van der Waals surface area contributed by atoms with Crippen LogP contribution in [0.25, 0.3) is 0 Å². The van der Waals surface area contributed by atoms with Gasteiger partial charge in [0, 0.05) is 18.7 Å². The Hall–Kier alpha value is -2.58. The summed E-state index contributed by atoms with van der Waals surface area (Å²) in [7, 11) is 0. The van der Waals surface area contributed by atoms with Crippen LogP contribution in [-0.4, -0.2) is 63.3 Å². The highest BCUT2D eigenvalue weighted by Gasteiger charge is 2.45. The summed E-state index contributed by atoms with van der Waals surface area (Å²) in [6.07, 6.45) is 1.16. The van der Waals surface area contributed by atoms with Crippen LogP contribution in [0.4, 0.5) is 4.79 Å². The molecule has 0 aromatic rings. The molecule has 2 amide bonds. The third kappa shape index (κ3) is 5.56. The van der Waals surface area contributed by atoms with Gasteiger partial charge in [0.25, 0.3) is 0 Å². The zero-order chi connectivity index (χ0) is 18.5. The largest absolute Gasteiger partial charge is 0.479 e. The first-order valence-corrected chi connectivity index (χ1v) is 7.40. The smallest absolute Gasteiger partial charge is 0.410 e. The summed E-state index contributed by atoms with van der Waals surface area (Å²) in [6.45, 7) is 5.13. The van der Waals surface area contributed by atoms with E-state index in [0.29, 0.717) is 19.0 Å². The maximum Gasteiger partial charge on any atom is 0.410 e. The number of ether oxygens (including phenoxy) is 1. The summed E-state index contributed by atoms with van der Waals surface area (Å²) < 4.78 is 5.22. The molecule has 0 aliphatic carbocycles. The molecule has 3 N–H and O–H groups in total. The third-order valence-electron chi connectivity index (χ3n) is 3.29. The molecule has 1 fully saturated rings. The van der Waals surface area contributed by atoms with Crippen molar-refractivity contribution in [1.82, 2.24) is 10.2 Å². The minimum absolute atomic E-state index is 0.119. The Morgan fingerprint density at radius 1 is 1.17 bits per heavy atom. The molecule has 0 aromatic heterocycles. The molecule has 1 heterocycles. The zero-order valence-corrected chi connectivity index (χ0v) is 13.9. The van der Waals surface area contributed by atoms with Crippen LogP contribution < -0.4 is 5.32 Å². The van der Waals surface area contributed by atoms with E-state index in [1.165, 1.54) is 4.90 Å². The molecule has 1 aliphatic heterocycles. The van der Waals surface area contributed by atoms with E-state index in [4.69, 9.17) is 9.84 Å². The molecule has 1 atom stereocenters. The van der Waals surface area contributed by atoms with E-state index in [1.54, 1.807) is 20.8 Å². The number of amides is 2. The molecule has 0 spiro atoms. The van der Waals surface area contributed by atoms with Crippen LogP contribution in [0, 0.1) is 0 Å². The van der Waals surface area contributed by atoms with Crippen molar-refractivity contribution in [2.75, 3.05) is 13.1 Å². The topological polar surface area (TPSA) is 133 Å². The van der Waals surface area contributed by atoms with Crippen molar-refractivity contribution >= 4 is 23.9 Å². The van der Waals surface area contributed by atoms with Crippen LogP contribution in [0.3, 0.4) is 0 Å². The van der Waals surface area contributed by atoms with Gasteiger partial charge in [0.15, 0.2) is 5.54 Å². The predicted molar refractivity (Wildman–Crippen MR) is 82.3 cm³/mol. The molecule has 9 heteroatoms. The Labute approximate surface area is 139 Å². The van der Waals surface area contributed by atoms with Crippen LogP contribution in [0.15, 0.2) is 12.2 Å². The number of carboxylic acid groups (broad SMARTS) is 2. The minimum atomic E-state index is -1.69. The molecular formula is C15H22N2O7. The van der Waals surface area contributed by atoms with E-state index < -0.39 is 35.1 Å². The summed E-state index contributed by atoms with van der Waals surface area (Å²) in [6, 6.07) is 0. The Bertz CT molecular complexity index is 565. The van der Waals surface area contributed by atoms with E-state index in [9.17, 15) is 24.3 Å². The van der Waals surface area contributed by atoms with Gasteiger partial charge in [0.2, 0.25) is 5.91 Å². The van der Waals surface area contributed by atoms with Crippen LogP contribution >= 0.6 is 0 Å². The minimum Gasteiger partial charge on any atom is -0.479 e. The van der Waals surface area contributed by atoms with Gasteiger partial charge < -0.3 is 25.2 Å². The molecule has 134 valence electrons. The van der Waals surface area contributed by atoms with Crippen molar-refractivity contribution in [3.63, 3.8) is 0 Å². The summed E-state index contributed by atoms with van der Waals surface area (Å²) in [5.41, 5.74) is -2.41. The van der Waals surface area contributed by atoms with E-state index in [2.05, 4.69) is 5.32 Å². The molecule has 9 nitrogen and oxygen atoms in total. The van der Waals surface area contributed by atoms with Gasteiger partial charge in [-0.15, -0.1) is 0 Å². The second-order valence-corrected chi connectivity index (χ2v) is 6.55. The molecular weight excluding hydrogens is 320 g/mol. The Kier molecular flexibility index (Phi) is 5.94. The Balaban J connectivity index is 2.90. The van der Waals surface area contributed by atoms with Gasteiger partial charge in [-0.3, -0.25) is 4.79 Å². The number of hydrogen-bond donors (Lipinski definition) is 3. The predicted octanol–water partition coefficient (Wildman–Crippen LogP) is 0.598. The number of nitrogens with zero attached hydrogens (tertiary/aromatic N) is 1. The van der Waals surface area contributed by atoms with Gasteiger partial charge in [0.1, 0.15) is 5.60 Å². The number of hydrogen-bond acceptors (Lipinski definition) is 5. The molecule has 1 aliphatic rings. The first-order chi connectivity index (χ1) is 10.9. The van der Waals surface area contributed by atoms with Crippen LogP contribution in [0.5, 0.6) is 0 Å². The van der Waals surface area contributed by atoms with Gasteiger partial charge in [-0.1, -0.05) is 0 Å². The Morgan fingerprint density at radius 2 is 1.79 bits per heavy atom. The number of nitrogens with one attached hydrogen (secondary N) is 1. The van der Waals surface area contributed by atoms with E-state index >= 15 is 0 Å². The van der Waals surface area contributed by atoms with Gasteiger partial charge >= 0.3 is 18.0 Å². The van der Waals surface area contributed by atoms with Crippen LogP contribution in [0.2, 0.25) is 0 Å². The number of aliphatic carboxylic acids is 2. The fourth-order valence-electron chi connectivity index (χ4n) is 2.29. The molecule has 0 radical (unpaired) electrons. The second-order valence-electron chi connectivity index (χ2n) is 6.55. The SMILES string of the molecule is CC(C)(C)OC(=O)N1CCCC(NC(=O)C=CC(=O)O)(C(=O)O)C1. The van der Waals surface area contributed by atoms with Gasteiger partial charge in [-0.05, 0) is 33.6 Å². The third-order valence-corrected chi connectivity index (χ3v) is 3.29. The summed E-state index contributed by atoms with van der Waals surface area (Å²) in [4.78, 5) is 47.2. The first kappa shape index (κ1) is 19.5. The molecule has 1 unspecified atom stereocenters. The summed E-state index contributed by atoms with van der Waals surface area (Å²) in [5.74, 6) is -3.48. The number of carbonyl (C=O) groups is 4. The van der Waals surface area contributed by atoms with E-state index in [1.807, 2.05) is 0 Å². The Morgan fingerprint density at radius 3 is 2.29 bits per heavy atom. The lowest BCUT2D eigenvalue weighted by Crippen LogP contribution is -2.64. The number of carboxylic acids is 2. The maximum atomic E-state index is 12.1. The average Bonchev–Trinajstić information content (AvgIpc) is 2.43. The number of carbonyl (C=O) groups excluding carboxylic acids is 2. The average molecular weight is 342 g/mol. The number of rotatable bonds is 4. The maximum absolute atomic E-state index is 12.1. The molecule has 24 heavy (non-hydrogen) atoms. The summed E-state index contributed by atoms with van der Waals surface area (Å²) >= 11 is 0. The lowest BCUT2D eigenvalue weighted by atomic mass is 9.89. The van der Waals surface area contributed by atoms with E-state index in [-0.39, 0.29) is 13.0 Å². The molecule has 1 saturated heterocycles. The fraction of sp³-hybridized carbons (Fsp3) is 0.600. The van der Waals surface area contributed by atoms with Gasteiger partial charge in [0.05, 0.1) is 6.54 Å². The second kappa shape index (κ2) is 7.33. The van der Waals surface area contributed by atoms with Crippen molar-refractivity contribution in [2.24, 2.45) is 0 Å². The lowest BCUT2D eigenvalue weighted by molar-refractivity contribution is -0.149. The number of piperidine rings is 1. The molecule has 0 bridgehead atoms. The van der Waals surface area contributed by atoms with Crippen LogP contribution in [0.1, 0.15) is 33.6 Å². The quantitative estimate of drug-likeness (QED) is 0.637. The highest BCUT2D eigenvalue weighted by Crippen LogP contribution is 2.23. The monoisotopic (exact) mass is 342 g/mol. The first-order valence-electron chi connectivity index (χ1n) is 7.40. The highest BCUT2D eigenvalue weighted by atomic mass is 16.6. The number of likely N-dealkylation sites (tertiary alicyclic amines) is 1. The standard InChI is InChI=1S/C15H22N2O7/c1-14(2,3)24-13(23)17-8-4-7-15(9-17,12(21)22)16-10(18)5-6-11(19)20/h5-6H,4,7-9H2,1-3H3,(H,16,18)(H,19,20)(H,21,22). The lowest BCUT2D eigenvalue weighted by Gasteiger charge is -2.40. The van der Waals surface area contributed by atoms with Crippen LogP contribution in [-0.2, 0) is 19.1 Å².